The van der Waals surface area contributed by atoms with Crippen molar-refractivity contribution in [2.24, 2.45) is 0 Å². The van der Waals surface area contributed by atoms with Crippen LogP contribution in [0.15, 0.2) is 48.5 Å². The molecule has 0 unspecified atom stereocenters. The number of carbonyl (C=O) groups is 2. The maximum Gasteiger partial charge on any atom is 0.322 e. The van der Waals surface area contributed by atoms with E-state index in [0.29, 0.717) is 24.3 Å². The Bertz CT molecular complexity index is 851. The summed E-state index contributed by atoms with van der Waals surface area (Å²) in [6.07, 6.45) is -0.217. The van der Waals surface area contributed by atoms with Crippen LogP contribution in [0.25, 0.3) is 0 Å². The first-order valence-corrected chi connectivity index (χ1v) is 9.43. The van der Waals surface area contributed by atoms with E-state index in [4.69, 9.17) is 4.74 Å². The van der Waals surface area contributed by atoms with Crippen molar-refractivity contribution in [3.63, 3.8) is 0 Å². The third kappa shape index (κ3) is 4.51. The summed E-state index contributed by atoms with van der Waals surface area (Å²) in [6.45, 7) is 4.88. The molecule has 1 aliphatic rings. The maximum atomic E-state index is 12.9. The molecule has 2 aromatic rings. The first-order chi connectivity index (χ1) is 13.3. The molecule has 0 aromatic heterocycles. The Morgan fingerprint density at radius 1 is 1.11 bits per heavy atom. The molecule has 3 rings (SSSR count). The lowest BCUT2D eigenvalue weighted by atomic mass is 10.1. The molecule has 6 heteroatoms. The smallest absolute Gasteiger partial charge is 0.322 e. The van der Waals surface area contributed by atoms with E-state index >= 15 is 0 Å². The Labute approximate surface area is 166 Å². The molecule has 0 radical (unpaired) electrons. The monoisotopic (exact) mass is 381 g/mol. The molecule has 2 atom stereocenters. The van der Waals surface area contributed by atoms with Crippen molar-refractivity contribution in [2.75, 3.05) is 32.5 Å². The number of anilines is 1. The first kappa shape index (κ1) is 19.9. The summed E-state index contributed by atoms with van der Waals surface area (Å²) in [7, 11) is 3.42. The minimum atomic E-state index is -0.186. The highest BCUT2D eigenvalue weighted by Gasteiger charge is 2.29. The minimum Gasteiger partial charge on any atom is -0.367 e. The van der Waals surface area contributed by atoms with Gasteiger partial charge in [0.1, 0.15) is 6.10 Å². The predicted octanol–water partition coefficient (Wildman–Crippen LogP) is 3.69. The van der Waals surface area contributed by atoms with Crippen molar-refractivity contribution in [3.05, 3.63) is 65.2 Å². The fourth-order valence-electron chi connectivity index (χ4n) is 3.31. The fourth-order valence-corrected chi connectivity index (χ4v) is 3.31. The second kappa shape index (κ2) is 8.44. The van der Waals surface area contributed by atoms with E-state index < -0.39 is 0 Å². The van der Waals surface area contributed by atoms with Crippen LogP contribution in [0.4, 0.5) is 10.5 Å². The molecule has 1 heterocycles. The van der Waals surface area contributed by atoms with Crippen LogP contribution < -0.4 is 5.32 Å². The number of hydrogen-bond acceptors (Lipinski definition) is 3. The molecule has 28 heavy (non-hydrogen) atoms. The number of benzene rings is 2. The van der Waals surface area contributed by atoms with Crippen molar-refractivity contribution < 1.29 is 14.3 Å². The van der Waals surface area contributed by atoms with Gasteiger partial charge < -0.3 is 19.9 Å². The lowest BCUT2D eigenvalue weighted by Crippen LogP contribution is -2.47. The Balaban J connectivity index is 1.75. The van der Waals surface area contributed by atoms with Crippen LogP contribution in [0.2, 0.25) is 0 Å². The average Bonchev–Trinajstić information content (AvgIpc) is 2.69. The van der Waals surface area contributed by atoms with Crippen molar-refractivity contribution in [1.82, 2.24) is 9.80 Å². The SMILES string of the molecule is Cc1ccc(C(=O)N(C)C)cc1NC(=O)N1C[C@@H](C)O[C@@H](c2ccccc2)C1. The van der Waals surface area contributed by atoms with Crippen LogP contribution in [0.3, 0.4) is 0 Å². The Hall–Kier alpha value is -2.86. The number of nitrogens with one attached hydrogen (secondary N) is 1. The molecule has 0 bridgehead atoms. The normalized spacial score (nSPS) is 19.2. The fraction of sp³-hybridized carbons (Fsp3) is 0.364. The molecule has 2 aromatic carbocycles. The van der Waals surface area contributed by atoms with Crippen LogP contribution in [0.5, 0.6) is 0 Å². The molecule has 3 amide bonds. The van der Waals surface area contributed by atoms with E-state index in [9.17, 15) is 9.59 Å². The van der Waals surface area contributed by atoms with E-state index in [1.807, 2.05) is 50.2 Å². The molecule has 1 saturated heterocycles. The van der Waals surface area contributed by atoms with Gasteiger partial charge in [0.2, 0.25) is 0 Å². The molecular weight excluding hydrogens is 354 g/mol. The predicted molar refractivity (Wildman–Crippen MR) is 110 cm³/mol. The topological polar surface area (TPSA) is 61.9 Å². The lowest BCUT2D eigenvalue weighted by Gasteiger charge is -2.37. The summed E-state index contributed by atoms with van der Waals surface area (Å²) in [4.78, 5) is 28.4. The van der Waals surface area contributed by atoms with Gasteiger partial charge in [0.25, 0.3) is 5.91 Å². The lowest BCUT2D eigenvalue weighted by molar-refractivity contribution is -0.0642. The van der Waals surface area contributed by atoms with Crippen LogP contribution >= 0.6 is 0 Å². The molecule has 148 valence electrons. The Kier molecular flexibility index (Phi) is 5.99. The van der Waals surface area contributed by atoms with Crippen LogP contribution in [0.1, 0.15) is 34.5 Å². The zero-order valence-electron chi connectivity index (χ0n) is 16.8. The van der Waals surface area contributed by atoms with Crippen molar-refractivity contribution in [3.8, 4) is 0 Å². The van der Waals surface area contributed by atoms with Gasteiger partial charge in [0, 0.05) is 31.9 Å². The Morgan fingerprint density at radius 2 is 1.82 bits per heavy atom. The number of rotatable bonds is 3. The summed E-state index contributed by atoms with van der Waals surface area (Å²) in [5, 5.41) is 2.97. The van der Waals surface area contributed by atoms with Crippen molar-refractivity contribution in [1.29, 1.82) is 0 Å². The quantitative estimate of drug-likeness (QED) is 0.882. The van der Waals surface area contributed by atoms with Gasteiger partial charge in [-0.2, -0.15) is 0 Å². The first-order valence-electron chi connectivity index (χ1n) is 9.43. The average molecular weight is 381 g/mol. The van der Waals surface area contributed by atoms with E-state index in [2.05, 4.69) is 5.32 Å². The third-order valence-corrected chi connectivity index (χ3v) is 4.85. The number of ether oxygens (including phenoxy) is 1. The number of nitrogens with zero attached hydrogens (tertiary/aromatic N) is 2. The number of aryl methyl sites for hydroxylation is 1. The molecule has 0 aliphatic carbocycles. The highest BCUT2D eigenvalue weighted by molar-refractivity contribution is 5.97. The highest BCUT2D eigenvalue weighted by Crippen LogP contribution is 2.26. The van der Waals surface area contributed by atoms with Gasteiger partial charge in [-0.25, -0.2) is 4.79 Å². The van der Waals surface area contributed by atoms with Crippen molar-refractivity contribution >= 4 is 17.6 Å². The Morgan fingerprint density at radius 3 is 2.50 bits per heavy atom. The van der Waals surface area contributed by atoms with Gasteiger partial charge in [-0.05, 0) is 37.1 Å². The number of carbonyl (C=O) groups excluding carboxylic acids is 2. The van der Waals surface area contributed by atoms with E-state index in [1.165, 1.54) is 4.90 Å². The summed E-state index contributed by atoms with van der Waals surface area (Å²) in [6, 6.07) is 15.1. The highest BCUT2D eigenvalue weighted by atomic mass is 16.5. The zero-order valence-corrected chi connectivity index (χ0v) is 16.8. The van der Waals surface area contributed by atoms with Gasteiger partial charge in [-0.3, -0.25) is 4.79 Å². The number of urea groups is 1. The van der Waals surface area contributed by atoms with Gasteiger partial charge in [0.15, 0.2) is 0 Å². The van der Waals surface area contributed by atoms with Gasteiger partial charge >= 0.3 is 6.03 Å². The van der Waals surface area contributed by atoms with Gasteiger partial charge in [-0.15, -0.1) is 0 Å². The zero-order chi connectivity index (χ0) is 20.3. The van der Waals surface area contributed by atoms with Crippen LogP contribution in [-0.2, 0) is 4.74 Å². The molecule has 6 nitrogen and oxygen atoms in total. The standard InChI is InChI=1S/C22H27N3O3/c1-15-10-11-18(21(26)24(3)4)12-19(15)23-22(27)25-13-16(2)28-20(14-25)17-8-6-5-7-9-17/h5-12,16,20H,13-14H2,1-4H3,(H,23,27)/t16-,20-/m1/s1. The number of hydrogen-bond donors (Lipinski definition) is 1. The number of morpholine rings is 1. The minimum absolute atomic E-state index is 0.0625. The van der Waals surface area contributed by atoms with Gasteiger partial charge in [0.05, 0.1) is 12.6 Å². The maximum absolute atomic E-state index is 12.9. The van der Waals surface area contributed by atoms with Crippen LogP contribution in [0, 0.1) is 6.92 Å². The molecule has 0 saturated carbocycles. The molecule has 0 spiro atoms. The molecular formula is C22H27N3O3. The van der Waals surface area contributed by atoms with E-state index in [0.717, 1.165) is 11.1 Å². The number of amides is 3. The second-order valence-corrected chi connectivity index (χ2v) is 7.41. The summed E-state index contributed by atoms with van der Waals surface area (Å²) < 4.78 is 6.03. The van der Waals surface area contributed by atoms with Gasteiger partial charge in [-0.1, -0.05) is 36.4 Å². The molecule has 1 fully saturated rings. The van der Waals surface area contributed by atoms with E-state index in [1.54, 1.807) is 31.1 Å². The van der Waals surface area contributed by atoms with Crippen LogP contribution in [-0.4, -0.2) is 55.0 Å². The summed E-state index contributed by atoms with van der Waals surface area (Å²) in [5.41, 5.74) is 3.16. The van der Waals surface area contributed by atoms with Crippen molar-refractivity contribution in [2.45, 2.75) is 26.1 Å². The van der Waals surface area contributed by atoms with E-state index in [-0.39, 0.29) is 24.1 Å². The summed E-state index contributed by atoms with van der Waals surface area (Å²) in [5.74, 6) is -0.0976. The second-order valence-electron chi connectivity index (χ2n) is 7.41. The summed E-state index contributed by atoms with van der Waals surface area (Å²) >= 11 is 0. The third-order valence-electron chi connectivity index (χ3n) is 4.85. The molecule has 1 N–H and O–H groups in total. The largest absolute Gasteiger partial charge is 0.367 e. The molecule has 1 aliphatic heterocycles.